The number of rotatable bonds is 2. The van der Waals surface area contributed by atoms with Gasteiger partial charge in [-0.1, -0.05) is 24.3 Å². The summed E-state index contributed by atoms with van der Waals surface area (Å²) in [6.45, 7) is 0. The monoisotopic (exact) mass is 245 g/mol. The zero-order chi connectivity index (χ0) is 13.1. The van der Waals surface area contributed by atoms with Gasteiger partial charge in [-0.05, 0) is 24.3 Å². The van der Waals surface area contributed by atoms with E-state index in [1.807, 2.05) is 42.7 Å². The molecular weight excluding hydrogens is 234 g/mol. The minimum absolute atomic E-state index is 0.619. The van der Waals surface area contributed by atoms with E-state index in [9.17, 15) is 0 Å². The van der Waals surface area contributed by atoms with Gasteiger partial charge in [-0.25, -0.2) is 0 Å². The maximum absolute atomic E-state index is 8.85. The van der Waals surface area contributed by atoms with Crippen molar-refractivity contribution in [3.63, 3.8) is 0 Å². The van der Waals surface area contributed by atoms with Gasteiger partial charge in [-0.15, -0.1) is 0 Å². The third-order valence-electron chi connectivity index (χ3n) is 2.95. The fraction of sp³-hybridized carbons (Fsp3) is 0. The predicted octanol–water partition coefficient (Wildman–Crippen LogP) is 3.79. The molecule has 90 valence electrons. The highest BCUT2D eigenvalue weighted by Crippen LogP contribution is 2.18. The Morgan fingerprint density at radius 1 is 1.11 bits per heavy atom. The lowest BCUT2D eigenvalue weighted by Crippen LogP contribution is -1.78. The van der Waals surface area contributed by atoms with E-state index in [1.54, 1.807) is 12.1 Å². The van der Waals surface area contributed by atoms with Gasteiger partial charge >= 0.3 is 0 Å². The Morgan fingerprint density at radius 2 is 2.00 bits per heavy atom. The number of para-hydroxylation sites is 1. The minimum Gasteiger partial charge on any atom is -0.361 e. The molecule has 3 rings (SSSR count). The third-order valence-corrected chi connectivity index (χ3v) is 2.95. The number of fused-ring (bicyclic) bond motifs is 1. The summed E-state index contributed by atoms with van der Waals surface area (Å²) in [6.07, 6.45) is 3.75. The number of hydrogen-bond acceptors (Lipinski definition) is 2. The first-order valence-electron chi connectivity index (χ1n) is 5.97. The van der Waals surface area contributed by atoms with Crippen LogP contribution in [0.5, 0.6) is 0 Å². The standard InChI is InChI=1S/C16H11N3/c17-9-12-4-3-5-14(8-12)18-10-13-11-19-16-7-2-1-6-15(13)16/h1-8,10-11,19H. The summed E-state index contributed by atoms with van der Waals surface area (Å²) >= 11 is 0. The first-order chi connectivity index (χ1) is 9.36. The lowest BCUT2D eigenvalue weighted by molar-refractivity contribution is 1.45. The molecule has 0 atom stereocenters. The van der Waals surface area contributed by atoms with Crippen LogP contribution in [0.1, 0.15) is 11.1 Å². The predicted molar refractivity (Wildman–Crippen MR) is 76.7 cm³/mol. The number of hydrogen-bond donors (Lipinski definition) is 1. The maximum atomic E-state index is 8.85. The fourth-order valence-corrected chi connectivity index (χ4v) is 2.00. The van der Waals surface area contributed by atoms with Crippen molar-refractivity contribution in [3.8, 4) is 6.07 Å². The molecule has 0 aliphatic heterocycles. The number of aromatic nitrogens is 1. The molecule has 0 bridgehead atoms. The van der Waals surface area contributed by atoms with Crippen LogP contribution in [0.3, 0.4) is 0 Å². The van der Waals surface area contributed by atoms with E-state index < -0.39 is 0 Å². The number of aliphatic imine (C=N–C) groups is 1. The van der Waals surface area contributed by atoms with Crippen LogP contribution >= 0.6 is 0 Å². The molecule has 1 heterocycles. The van der Waals surface area contributed by atoms with Crippen LogP contribution in [0.15, 0.2) is 59.7 Å². The Hall–Kier alpha value is -2.86. The molecule has 0 aliphatic rings. The van der Waals surface area contributed by atoms with E-state index in [0.29, 0.717) is 5.56 Å². The fourth-order valence-electron chi connectivity index (χ4n) is 2.00. The van der Waals surface area contributed by atoms with Gasteiger partial charge in [0.15, 0.2) is 0 Å². The SMILES string of the molecule is N#Cc1cccc(N=Cc2c[nH]c3ccccc23)c1. The lowest BCUT2D eigenvalue weighted by Gasteiger charge is -1.94. The van der Waals surface area contributed by atoms with Gasteiger partial charge in [0.25, 0.3) is 0 Å². The van der Waals surface area contributed by atoms with Crippen LogP contribution in [0.4, 0.5) is 5.69 Å². The van der Waals surface area contributed by atoms with E-state index in [2.05, 4.69) is 22.1 Å². The molecule has 2 aromatic carbocycles. The number of nitrogens with one attached hydrogen (secondary N) is 1. The molecule has 19 heavy (non-hydrogen) atoms. The summed E-state index contributed by atoms with van der Waals surface area (Å²) in [5, 5.41) is 9.99. The zero-order valence-corrected chi connectivity index (χ0v) is 10.2. The average Bonchev–Trinajstić information content (AvgIpc) is 2.89. The van der Waals surface area contributed by atoms with E-state index >= 15 is 0 Å². The number of H-pyrrole nitrogens is 1. The van der Waals surface area contributed by atoms with Crippen LogP contribution in [0.2, 0.25) is 0 Å². The molecular formula is C16H11N3. The van der Waals surface area contributed by atoms with Crippen molar-refractivity contribution in [1.82, 2.24) is 4.98 Å². The summed E-state index contributed by atoms with van der Waals surface area (Å²) in [6, 6.07) is 17.4. The van der Waals surface area contributed by atoms with E-state index in [1.165, 1.54) is 0 Å². The van der Waals surface area contributed by atoms with Crippen molar-refractivity contribution in [1.29, 1.82) is 5.26 Å². The molecule has 0 aliphatic carbocycles. The highest BCUT2D eigenvalue weighted by Gasteiger charge is 1.99. The molecule has 0 amide bonds. The summed E-state index contributed by atoms with van der Waals surface area (Å²) < 4.78 is 0. The van der Waals surface area contributed by atoms with Gasteiger partial charge in [0.2, 0.25) is 0 Å². The largest absolute Gasteiger partial charge is 0.361 e. The molecule has 0 fully saturated rings. The highest BCUT2D eigenvalue weighted by atomic mass is 14.7. The molecule has 1 N–H and O–H groups in total. The van der Waals surface area contributed by atoms with Crippen LogP contribution in [0.25, 0.3) is 10.9 Å². The maximum Gasteiger partial charge on any atom is 0.0992 e. The molecule has 3 aromatic rings. The lowest BCUT2D eigenvalue weighted by atomic mass is 10.2. The van der Waals surface area contributed by atoms with Crippen molar-refractivity contribution in [2.45, 2.75) is 0 Å². The van der Waals surface area contributed by atoms with Crippen molar-refractivity contribution in [3.05, 3.63) is 65.9 Å². The second-order valence-electron chi connectivity index (χ2n) is 4.21. The van der Waals surface area contributed by atoms with Crippen molar-refractivity contribution in [2.75, 3.05) is 0 Å². The molecule has 0 unspecified atom stereocenters. The Labute approximate surface area is 110 Å². The van der Waals surface area contributed by atoms with E-state index in [4.69, 9.17) is 5.26 Å². The van der Waals surface area contributed by atoms with E-state index in [-0.39, 0.29) is 0 Å². The molecule has 3 heteroatoms. The third kappa shape index (κ3) is 2.24. The van der Waals surface area contributed by atoms with Crippen LogP contribution in [0, 0.1) is 11.3 Å². The quantitative estimate of drug-likeness (QED) is 0.686. The zero-order valence-electron chi connectivity index (χ0n) is 10.2. The Balaban J connectivity index is 1.96. The molecule has 0 radical (unpaired) electrons. The van der Waals surface area contributed by atoms with Gasteiger partial charge < -0.3 is 4.98 Å². The second kappa shape index (κ2) is 4.79. The Morgan fingerprint density at radius 3 is 2.89 bits per heavy atom. The Bertz CT molecular complexity index is 791. The van der Waals surface area contributed by atoms with Gasteiger partial charge in [0, 0.05) is 28.9 Å². The summed E-state index contributed by atoms with van der Waals surface area (Å²) in [5.74, 6) is 0. The average molecular weight is 245 g/mol. The van der Waals surface area contributed by atoms with Gasteiger partial charge in [-0.3, -0.25) is 4.99 Å². The molecule has 1 aromatic heterocycles. The van der Waals surface area contributed by atoms with Gasteiger partial charge in [-0.2, -0.15) is 5.26 Å². The molecule has 0 saturated carbocycles. The highest BCUT2D eigenvalue weighted by molar-refractivity contribution is 5.99. The molecule has 0 spiro atoms. The van der Waals surface area contributed by atoms with Crippen LogP contribution in [-0.2, 0) is 0 Å². The van der Waals surface area contributed by atoms with Crippen molar-refractivity contribution >= 4 is 22.8 Å². The summed E-state index contributed by atoms with van der Waals surface area (Å²) in [4.78, 5) is 7.61. The molecule has 3 nitrogen and oxygen atoms in total. The smallest absolute Gasteiger partial charge is 0.0992 e. The number of aromatic amines is 1. The summed E-state index contributed by atoms with van der Waals surface area (Å²) in [5.41, 5.74) is 3.53. The molecule has 0 saturated heterocycles. The Kier molecular flexibility index (Phi) is 2.83. The topological polar surface area (TPSA) is 51.9 Å². The minimum atomic E-state index is 0.619. The van der Waals surface area contributed by atoms with Crippen LogP contribution < -0.4 is 0 Å². The first-order valence-corrected chi connectivity index (χ1v) is 5.97. The van der Waals surface area contributed by atoms with Crippen molar-refractivity contribution in [2.24, 2.45) is 4.99 Å². The second-order valence-corrected chi connectivity index (χ2v) is 4.21. The number of benzene rings is 2. The number of nitrogens with zero attached hydrogens (tertiary/aromatic N) is 2. The van der Waals surface area contributed by atoms with Gasteiger partial charge in [0.05, 0.1) is 17.3 Å². The van der Waals surface area contributed by atoms with Crippen molar-refractivity contribution < 1.29 is 0 Å². The van der Waals surface area contributed by atoms with Crippen LogP contribution in [-0.4, -0.2) is 11.2 Å². The van der Waals surface area contributed by atoms with E-state index in [0.717, 1.165) is 22.2 Å². The summed E-state index contributed by atoms with van der Waals surface area (Å²) in [7, 11) is 0. The number of nitriles is 1. The van der Waals surface area contributed by atoms with Gasteiger partial charge in [0.1, 0.15) is 0 Å². The first kappa shape index (κ1) is 11.2. The normalized spacial score (nSPS) is 10.9.